The van der Waals surface area contributed by atoms with Gasteiger partial charge in [-0.05, 0) is 29.8 Å². The first-order valence-corrected chi connectivity index (χ1v) is 7.82. The van der Waals surface area contributed by atoms with E-state index in [9.17, 15) is 0 Å². The quantitative estimate of drug-likeness (QED) is 0.771. The molecule has 2 aromatic carbocycles. The average Bonchev–Trinajstić information content (AvgIpc) is 2.45. The lowest BCUT2D eigenvalue weighted by molar-refractivity contribution is 0.718. The molecule has 3 heteroatoms. The first kappa shape index (κ1) is 14.4. The van der Waals surface area contributed by atoms with Crippen LogP contribution in [0.15, 0.2) is 53.4 Å². The molecule has 0 heterocycles. The summed E-state index contributed by atoms with van der Waals surface area (Å²) in [5.41, 5.74) is 2.65. The number of rotatable bonds is 6. The van der Waals surface area contributed by atoms with Crippen LogP contribution in [0.4, 0.5) is 0 Å². The van der Waals surface area contributed by atoms with Crippen LogP contribution < -0.4 is 5.32 Å². The maximum Gasteiger partial charge on any atom is 0.0417 e. The molecule has 0 radical (unpaired) electrons. The Hall–Kier alpha value is -0.960. The molecule has 2 aromatic rings. The van der Waals surface area contributed by atoms with E-state index < -0.39 is 0 Å². The first-order chi connectivity index (χ1) is 9.29. The van der Waals surface area contributed by atoms with E-state index in [1.54, 1.807) is 0 Å². The Labute approximate surface area is 124 Å². The zero-order valence-electron chi connectivity index (χ0n) is 11.0. The Morgan fingerprint density at radius 1 is 1.11 bits per heavy atom. The molecule has 0 atom stereocenters. The Balaban J connectivity index is 2.07. The fraction of sp³-hybridized carbons (Fsp3) is 0.250. The minimum Gasteiger partial charge on any atom is -0.313 e. The van der Waals surface area contributed by atoms with Crippen LogP contribution in [-0.4, -0.2) is 6.54 Å². The first-order valence-electron chi connectivity index (χ1n) is 6.45. The number of halogens is 1. The van der Waals surface area contributed by atoms with Gasteiger partial charge in [-0.15, -0.1) is 11.8 Å². The van der Waals surface area contributed by atoms with E-state index in [0.717, 1.165) is 23.9 Å². The molecule has 19 heavy (non-hydrogen) atoms. The normalized spacial score (nSPS) is 10.6. The summed E-state index contributed by atoms with van der Waals surface area (Å²) in [7, 11) is 0. The van der Waals surface area contributed by atoms with Gasteiger partial charge in [0, 0.05) is 22.2 Å². The third kappa shape index (κ3) is 4.57. The van der Waals surface area contributed by atoms with E-state index in [0.29, 0.717) is 0 Å². The molecule has 0 aromatic heterocycles. The predicted octanol–water partition coefficient (Wildman–Crippen LogP) is 4.74. The molecule has 0 saturated heterocycles. The molecule has 1 nitrogen and oxygen atoms in total. The van der Waals surface area contributed by atoms with E-state index in [2.05, 4.69) is 48.6 Å². The van der Waals surface area contributed by atoms with Gasteiger partial charge in [-0.3, -0.25) is 0 Å². The maximum absolute atomic E-state index is 6.10. The van der Waals surface area contributed by atoms with Gasteiger partial charge < -0.3 is 5.32 Å². The van der Waals surface area contributed by atoms with Crippen LogP contribution in [0.25, 0.3) is 0 Å². The molecule has 1 N–H and O–H groups in total. The smallest absolute Gasteiger partial charge is 0.0417 e. The standard InChI is InChI=1S/C16H18ClNS/c1-2-18-11-14-8-9-15(17)10-16(14)19-12-13-6-4-3-5-7-13/h3-10,18H,2,11-12H2,1H3. The van der Waals surface area contributed by atoms with E-state index in [-0.39, 0.29) is 0 Å². The minimum atomic E-state index is 0.802. The van der Waals surface area contributed by atoms with E-state index >= 15 is 0 Å². The van der Waals surface area contributed by atoms with Gasteiger partial charge in [0.2, 0.25) is 0 Å². The summed E-state index contributed by atoms with van der Waals surface area (Å²) in [4.78, 5) is 1.26. The van der Waals surface area contributed by atoms with E-state index in [1.807, 2.05) is 23.9 Å². The lowest BCUT2D eigenvalue weighted by Crippen LogP contribution is -2.12. The molecule has 0 aliphatic carbocycles. The highest BCUT2D eigenvalue weighted by Crippen LogP contribution is 2.29. The summed E-state index contributed by atoms with van der Waals surface area (Å²) in [5.74, 6) is 0.973. The molecule has 0 fully saturated rings. The van der Waals surface area contributed by atoms with Gasteiger partial charge in [0.05, 0.1) is 0 Å². The lowest BCUT2D eigenvalue weighted by atomic mass is 10.2. The predicted molar refractivity (Wildman–Crippen MR) is 84.8 cm³/mol. The van der Waals surface area contributed by atoms with Gasteiger partial charge in [-0.2, -0.15) is 0 Å². The molecular weight excluding hydrogens is 274 g/mol. The van der Waals surface area contributed by atoms with E-state index in [4.69, 9.17) is 11.6 Å². The highest BCUT2D eigenvalue weighted by atomic mass is 35.5. The van der Waals surface area contributed by atoms with Crippen LogP contribution in [0.2, 0.25) is 5.02 Å². The molecule has 0 amide bonds. The van der Waals surface area contributed by atoms with Gasteiger partial charge >= 0.3 is 0 Å². The van der Waals surface area contributed by atoms with Crippen molar-refractivity contribution in [1.82, 2.24) is 5.32 Å². The molecule has 0 unspecified atom stereocenters. The average molecular weight is 292 g/mol. The second kappa shape index (κ2) is 7.59. The van der Waals surface area contributed by atoms with Crippen molar-refractivity contribution in [2.75, 3.05) is 6.54 Å². The van der Waals surface area contributed by atoms with Gasteiger partial charge in [0.1, 0.15) is 0 Å². The second-order valence-electron chi connectivity index (χ2n) is 4.31. The van der Waals surface area contributed by atoms with E-state index in [1.165, 1.54) is 16.0 Å². The van der Waals surface area contributed by atoms with Gasteiger partial charge in [-0.25, -0.2) is 0 Å². The highest BCUT2D eigenvalue weighted by molar-refractivity contribution is 7.98. The number of hydrogen-bond acceptors (Lipinski definition) is 2. The Morgan fingerprint density at radius 2 is 1.89 bits per heavy atom. The maximum atomic E-state index is 6.10. The molecule has 0 aliphatic rings. The molecule has 0 aliphatic heterocycles. The number of hydrogen-bond donors (Lipinski definition) is 1. The monoisotopic (exact) mass is 291 g/mol. The molecule has 0 saturated carbocycles. The molecular formula is C16H18ClNS. The zero-order chi connectivity index (χ0) is 13.5. The topological polar surface area (TPSA) is 12.0 Å². The fourth-order valence-corrected chi connectivity index (χ4v) is 3.09. The van der Waals surface area contributed by atoms with Crippen molar-refractivity contribution in [1.29, 1.82) is 0 Å². The van der Waals surface area contributed by atoms with Crippen molar-refractivity contribution in [3.05, 3.63) is 64.7 Å². The minimum absolute atomic E-state index is 0.802. The number of nitrogens with one attached hydrogen (secondary N) is 1. The van der Waals surface area contributed by atoms with Crippen LogP contribution in [0, 0.1) is 0 Å². The van der Waals surface area contributed by atoms with Crippen molar-refractivity contribution in [3.8, 4) is 0 Å². The molecule has 2 rings (SSSR count). The summed E-state index contributed by atoms with van der Waals surface area (Å²) < 4.78 is 0. The largest absolute Gasteiger partial charge is 0.313 e. The SMILES string of the molecule is CCNCc1ccc(Cl)cc1SCc1ccccc1. The third-order valence-corrected chi connectivity index (χ3v) is 4.24. The van der Waals surface area contributed by atoms with Crippen molar-refractivity contribution in [2.24, 2.45) is 0 Å². The Morgan fingerprint density at radius 3 is 2.63 bits per heavy atom. The summed E-state index contributed by atoms with van der Waals surface area (Å²) in [6, 6.07) is 16.6. The van der Waals surface area contributed by atoms with Crippen LogP contribution in [0.3, 0.4) is 0 Å². The third-order valence-electron chi connectivity index (χ3n) is 2.83. The van der Waals surface area contributed by atoms with Crippen molar-refractivity contribution in [3.63, 3.8) is 0 Å². The van der Waals surface area contributed by atoms with Crippen LogP contribution in [0.1, 0.15) is 18.1 Å². The Bertz CT molecular complexity index is 513. The molecule has 100 valence electrons. The van der Waals surface area contributed by atoms with Gasteiger partial charge in [0.25, 0.3) is 0 Å². The van der Waals surface area contributed by atoms with Gasteiger partial charge in [0.15, 0.2) is 0 Å². The Kier molecular flexibility index (Phi) is 5.77. The van der Waals surface area contributed by atoms with Crippen molar-refractivity contribution in [2.45, 2.75) is 24.1 Å². The summed E-state index contributed by atoms with van der Waals surface area (Å²) >= 11 is 7.94. The van der Waals surface area contributed by atoms with Crippen molar-refractivity contribution < 1.29 is 0 Å². The summed E-state index contributed by atoms with van der Waals surface area (Å²) in [5, 5.41) is 4.17. The highest BCUT2D eigenvalue weighted by Gasteiger charge is 2.04. The second-order valence-corrected chi connectivity index (χ2v) is 5.76. The number of thioether (sulfide) groups is 1. The van der Waals surface area contributed by atoms with Gasteiger partial charge in [-0.1, -0.05) is 54.9 Å². The van der Waals surface area contributed by atoms with Crippen molar-refractivity contribution >= 4 is 23.4 Å². The zero-order valence-corrected chi connectivity index (χ0v) is 12.6. The van der Waals surface area contributed by atoms with Crippen LogP contribution >= 0.6 is 23.4 Å². The summed E-state index contributed by atoms with van der Waals surface area (Å²) in [6.45, 7) is 3.99. The van der Waals surface area contributed by atoms with Crippen LogP contribution in [0.5, 0.6) is 0 Å². The molecule has 0 bridgehead atoms. The number of benzene rings is 2. The lowest BCUT2D eigenvalue weighted by Gasteiger charge is -2.10. The fourth-order valence-electron chi connectivity index (χ4n) is 1.80. The van der Waals surface area contributed by atoms with Crippen LogP contribution in [-0.2, 0) is 12.3 Å². The summed E-state index contributed by atoms with van der Waals surface area (Å²) in [6.07, 6.45) is 0. The molecule has 0 spiro atoms.